The van der Waals surface area contributed by atoms with Gasteiger partial charge in [0.25, 0.3) is 0 Å². The largest absolute Gasteiger partial charge is 0.493 e. The number of nitrogens with zero attached hydrogens (tertiary/aromatic N) is 3. The van der Waals surface area contributed by atoms with E-state index in [1.807, 2.05) is 0 Å². The van der Waals surface area contributed by atoms with E-state index in [0.29, 0.717) is 22.6 Å². The fourth-order valence-corrected chi connectivity index (χ4v) is 2.03. The molecule has 0 radical (unpaired) electrons. The number of benzene rings is 1. The molecule has 26 heavy (non-hydrogen) atoms. The number of hydrogen-bond acceptors (Lipinski definition) is 7. The number of pyridine rings is 1. The molecule has 1 aromatic carbocycles. The van der Waals surface area contributed by atoms with Gasteiger partial charge in [0, 0.05) is 12.3 Å². The maximum Gasteiger partial charge on any atom is 0.338 e. The lowest BCUT2D eigenvalue weighted by molar-refractivity contribution is 0.0526. The SMILES string of the molecule is CCOC(=O)c1ccnc(Oc2ccc(C=C(C#N)C#N)cc2OC)c1. The highest BCUT2D eigenvalue weighted by atomic mass is 16.5. The average molecular weight is 349 g/mol. The van der Waals surface area contributed by atoms with Crippen molar-refractivity contribution in [1.82, 2.24) is 4.98 Å². The maximum absolute atomic E-state index is 11.8. The number of hydrogen-bond donors (Lipinski definition) is 0. The van der Waals surface area contributed by atoms with Gasteiger partial charge in [0.05, 0.1) is 19.3 Å². The first kappa shape index (κ1) is 18.5. The summed E-state index contributed by atoms with van der Waals surface area (Å²) >= 11 is 0. The van der Waals surface area contributed by atoms with Gasteiger partial charge >= 0.3 is 5.97 Å². The molecule has 0 bridgehead atoms. The van der Waals surface area contributed by atoms with Crippen LogP contribution in [0.25, 0.3) is 6.08 Å². The highest BCUT2D eigenvalue weighted by molar-refractivity contribution is 5.89. The molecule has 0 aliphatic rings. The van der Waals surface area contributed by atoms with E-state index in [2.05, 4.69) is 4.98 Å². The smallest absolute Gasteiger partial charge is 0.338 e. The first-order valence-electron chi connectivity index (χ1n) is 7.62. The Kier molecular flexibility index (Phi) is 6.30. The quantitative estimate of drug-likeness (QED) is 0.580. The van der Waals surface area contributed by atoms with E-state index in [1.165, 1.54) is 31.5 Å². The van der Waals surface area contributed by atoms with E-state index < -0.39 is 5.97 Å². The molecule has 7 heteroatoms. The first-order valence-corrected chi connectivity index (χ1v) is 7.62. The van der Waals surface area contributed by atoms with Crippen molar-refractivity contribution < 1.29 is 19.0 Å². The fraction of sp³-hybridized carbons (Fsp3) is 0.158. The van der Waals surface area contributed by atoms with Crippen molar-refractivity contribution in [3.05, 3.63) is 53.2 Å². The number of carbonyl (C=O) groups excluding carboxylic acids is 1. The summed E-state index contributed by atoms with van der Waals surface area (Å²) in [5, 5.41) is 17.7. The summed E-state index contributed by atoms with van der Waals surface area (Å²) in [5.41, 5.74) is 0.910. The lowest BCUT2D eigenvalue weighted by atomic mass is 10.1. The van der Waals surface area contributed by atoms with E-state index in [0.717, 1.165) is 0 Å². The number of aromatic nitrogens is 1. The summed E-state index contributed by atoms with van der Waals surface area (Å²) in [7, 11) is 1.47. The monoisotopic (exact) mass is 349 g/mol. The predicted molar refractivity (Wildman–Crippen MR) is 92.5 cm³/mol. The van der Waals surface area contributed by atoms with Crippen molar-refractivity contribution >= 4 is 12.0 Å². The molecule has 2 rings (SSSR count). The Balaban J connectivity index is 2.29. The van der Waals surface area contributed by atoms with Crippen molar-refractivity contribution in [2.45, 2.75) is 6.92 Å². The van der Waals surface area contributed by atoms with Gasteiger partial charge < -0.3 is 14.2 Å². The Morgan fingerprint density at radius 3 is 2.62 bits per heavy atom. The molecule has 0 N–H and O–H groups in total. The molecule has 130 valence electrons. The van der Waals surface area contributed by atoms with Gasteiger partial charge in [-0.05, 0) is 36.8 Å². The van der Waals surface area contributed by atoms with Crippen LogP contribution in [0, 0.1) is 22.7 Å². The third-order valence-corrected chi connectivity index (χ3v) is 3.20. The van der Waals surface area contributed by atoms with Crippen LogP contribution >= 0.6 is 0 Å². The van der Waals surface area contributed by atoms with Gasteiger partial charge in [-0.15, -0.1) is 0 Å². The van der Waals surface area contributed by atoms with Crippen LogP contribution in [0.1, 0.15) is 22.8 Å². The minimum absolute atomic E-state index is 0.0236. The Morgan fingerprint density at radius 2 is 1.96 bits per heavy atom. The molecule has 0 atom stereocenters. The molecule has 0 spiro atoms. The number of nitriles is 2. The second kappa shape index (κ2) is 8.86. The summed E-state index contributed by atoms with van der Waals surface area (Å²) in [5.74, 6) is 0.491. The van der Waals surface area contributed by atoms with Crippen molar-refractivity contribution in [3.8, 4) is 29.5 Å². The number of ether oxygens (including phenoxy) is 3. The number of rotatable bonds is 6. The molecule has 0 aliphatic heterocycles. The molecule has 7 nitrogen and oxygen atoms in total. The number of esters is 1. The van der Waals surface area contributed by atoms with Gasteiger partial charge in [0.2, 0.25) is 5.88 Å². The molecule has 0 saturated carbocycles. The Labute approximate surface area is 150 Å². The molecule has 0 unspecified atom stereocenters. The minimum atomic E-state index is -0.465. The van der Waals surface area contributed by atoms with Gasteiger partial charge in [-0.2, -0.15) is 10.5 Å². The lowest BCUT2D eigenvalue weighted by Gasteiger charge is -2.11. The van der Waals surface area contributed by atoms with Crippen LogP contribution < -0.4 is 9.47 Å². The lowest BCUT2D eigenvalue weighted by Crippen LogP contribution is -2.05. The average Bonchev–Trinajstić information content (AvgIpc) is 2.67. The van der Waals surface area contributed by atoms with Gasteiger partial charge in [-0.1, -0.05) is 6.07 Å². The zero-order valence-corrected chi connectivity index (χ0v) is 14.2. The van der Waals surface area contributed by atoms with Crippen LogP contribution in [0.3, 0.4) is 0 Å². The van der Waals surface area contributed by atoms with Crippen LogP contribution in [-0.4, -0.2) is 24.7 Å². The third-order valence-electron chi connectivity index (χ3n) is 3.20. The van der Waals surface area contributed by atoms with Gasteiger partial charge in [0.15, 0.2) is 11.5 Å². The first-order chi connectivity index (χ1) is 12.6. The molecular formula is C19H15N3O4. The second-order valence-electron chi connectivity index (χ2n) is 4.90. The van der Waals surface area contributed by atoms with Crippen LogP contribution in [-0.2, 0) is 4.74 Å². The summed E-state index contributed by atoms with van der Waals surface area (Å²) in [6.07, 6.45) is 2.88. The molecule has 0 amide bonds. The Bertz CT molecular complexity index is 907. The number of methoxy groups -OCH3 is 1. The van der Waals surface area contributed by atoms with Gasteiger partial charge in [0.1, 0.15) is 17.7 Å². The zero-order chi connectivity index (χ0) is 18.9. The predicted octanol–water partition coefficient (Wildman–Crippen LogP) is 3.49. The van der Waals surface area contributed by atoms with E-state index in [-0.39, 0.29) is 18.1 Å². The summed E-state index contributed by atoms with van der Waals surface area (Å²) in [4.78, 5) is 15.9. The maximum atomic E-state index is 11.8. The van der Waals surface area contributed by atoms with Crippen LogP contribution in [0.15, 0.2) is 42.1 Å². The van der Waals surface area contributed by atoms with Crippen molar-refractivity contribution in [3.63, 3.8) is 0 Å². The highest BCUT2D eigenvalue weighted by Crippen LogP contribution is 2.32. The minimum Gasteiger partial charge on any atom is -0.493 e. The molecule has 1 aromatic heterocycles. The van der Waals surface area contributed by atoms with E-state index in [1.54, 1.807) is 37.3 Å². The van der Waals surface area contributed by atoms with Crippen LogP contribution in [0.4, 0.5) is 0 Å². The molecular weight excluding hydrogens is 334 g/mol. The van der Waals surface area contributed by atoms with Gasteiger partial charge in [-0.25, -0.2) is 9.78 Å². The molecule has 0 aliphatic carbocycles. The molecule has 1 heterocycles. The van der Waals surface area contributed by atoms with Crippen molar-refractivity contribution in [2.75, 3.05) is 13.7 Å². The zero-order valence-electron chi connectivity index (χ0n) is 14.2. The normalized spacial score (nSPS) is 9.38. The summed E-state index contributed by atoms with van der Waals surface area (Å²) in [6, 6.07) is 11.5. The summed E-state index contributed by atoms with van der Waals surface area (Å²) in [6.45, 7) is 1.99. The van der Waals surface area contributed by atoms with E-state index >= 15 is 0 Å². The van der Waals surface area contributed by atoms with Gasteiger partial charge in [-0.3, -0.25) is 0 Å². The van der Waals surface area contributed by atoms with Crippen molar-refractivity contribution in [2.24, 2.45) is 0 Å². The number of carbonyl (C=O) groups is 1. The second-order valence-corrected chi connectivity index (χ2v) is 4.90. The van der Waals surface area contributed by atoms with E-state index in [9.17, 15) is 4.79 Å². The molecule has 2 aromatic rings. The van der Waals surface area contributed by atoms with Crippen LogP contribution in [0.2, 0.25) is 0 Å². The Morgan fingerprint density at radius 1 is 1.19 bits per heavy atom. The van der Waals surface area contributed by atoms with Crippen LogP contribution in [0.5, 0.6) is 17.4 Å². The topological polar surface area (TPSA) is 105 Å². The molecule has 0 saturated heterocycles. The van der Waals surface area contributed by atoms with E-state index in [4.69, 9.17) is 24.7 Å². The molecule has 0 fully saturated rings. The Hall–Kier alpha value is -3.84. The third kappa shape index (κ3) is 4.59. The highest BCUT2D eigenvalue weighted by Gasteiger charge is 2.11. The number of allylic oxidation sites excluding steroid dienone is 1. The van der Waals surface area contributed by atoms with Crippen molar-refractivity contribution in [1.29, 1.82) is 10.5 Å². The fourth-order valence-electron chi connectivity index (χ4n) is 2.03. The standard InChI is InChI=1S/C19H15N3O4/c1-3-25-19(23)15-6-7-22-18(10-15)26-16-5-4-13(9-17(16)24-2)8-14(11-20)12-21/h4-10H,3H2,1-2H3. The summed E-state index contributed by atoms with van der Waals surface area (Å²) < 4.78 is 15.9.